The van der Waals surface area contributed by atoms with Crippen LogP contribution in [-0.2, 0) is 14.6 Å². The quantitative estimate of drug-likeness (QED) is 0.300. The van der Waals surface area contributed by atoms with Crippen LogP contribution in [0.25, 0.3) is 0 Å². The molecule has 0 spiro atoms. The van der Waals surface area contributed by atoms with Crippen LogP contribution in [0.1, 0.15) is 33.6 Å². The normalized spacial score (nSPS) is 19.4. The highest BCUT2D eigenvalue weighted by Gasteiger charge is 2.29. The predicted octanol–water partition coefficient (Wildman–Crippen LogP) is 0.289. The average Bonchev–Trinajstić information content (AvgIpc) is 3.35. The van der Waals surface area contributed by atoms with Gasteiger partial charge in [-0.1, -0.05) is 0 Å². The fourth-order valence-corrected chi connectivity index (χ4v) is 3.74. The SMILES string of the molecule is CN=C(NCCS(=O)(=O)C(C)(C)C)N1CCN(CC(=O)NC2CC2)CC1.I. The summed E-state index contributed by atoms with van der Waals surface area (Å²) in [5.41, 5.74) is 0. The first kappa shape index (κ1) is 24.4. The van der Waals surface area contributed by atoms with E-state index < -0.39 is 14.6 Å². The van der Waals surface area contributed by atoms with Gasteiger partial charge < -0.3 is 15.5 Å². The van der Waals surface area contributed by atoms with Gasteiger partial charge in [0.25, 0.3) is 0 Å². The molecule has 0 aromatic carbocycles. The first-order valence-corrected chi connectivity index (χ1v) is 11.0. The van der Waals surface area contributed by atoms with Gasteiger partial charge in [-0.25, -0.2) is 8.42 Å². The van der Waals surface area contributed by atoms with Crippen molar-refractivity contribution in [2.24, 2.45) is 4.99 Å². The van der Waals surface area contributed by atoms with E-state index in [2.05, 4.69) is 25.4 Å². The number of sulfone groups is 1. The standard InChI is InChI=1S/C17H33N5O3S.HI/c1-17(2,3)26(24,25)12-7-19-16(18-4)22-10-8-21(9-11-22)13-15(23)20-14-5-6-14;/h14H,5-13H2,1-4H3,(H,18,19)(H,20,23);1H. The van der Waals surface area contributed by atoms with Gasteiger partial charge in [0.05, 0.1) is 17.0 Å². The Morgan fingerprint density at radius 1 is 1.15 bits per heavy atom. The summed E-state index contributed by atoms with van der Waals surface area (Å²) >= 11 is 0. The van der Waals surface area contributed by atoms with Gasteiger partial charge in [0, 0.05) is 45.8 Å². The van der Waals surface area contributed by atoms with E-state index >= 15 is 0 Å². The molecule has 8 nitrogen and oxygen atoms in total. The maximum Gasteiger partial charge on any atom is 0.234 e. The number of guanidine groups is 1. The fraction of sp³-hybridized carbons (Fsp3) is 0.882. The summed E-state index contributed by atoms with van der Waals surface area (Å²) in [6.07, 6.45) is 2.21. The monoisotopic (exact) mass is 515 g/mol. The highest BCUT2D eigenvalue weighted by Crippen LogP contribution is 2.18. The minimum atomic E-state index is -3.15. The minimum absolute atomic E-state index is 0. The second-order valence-electron chi connectivity index (χ2n) is 8.01. The van der Waals surface area contributed by atoms with E-state index in [1.54, 1.807) is 27.8 Å². The van der Waals surface area contributed by atoms with E-state index in [0.717, 1.165) is 45.0 Å². The predicted molar refractivity (Wildman–Crippen MR) is 119 cm³/mol. The number of amides is 1. The zero-order valence-corrected chi connectivity index (χ0v) is 20.0. The van der Waals surface area contributed by atoms with Gasteiger partial charge in [0.15, 0.2) is 15.8 Å². The molecule has 2 fully saturated rings. The molecule has 1 saturated carbocycles. The van der Waals surface area contributed by atoms with Gasteiger partial charge in [0.2, 0.25) is 5.91 Å². The van der Waals surface area contributed by atoms with Crippen LogP contribution in [0.4, 0.5) is 0 Å². The molecule has 158 valence electrons. The molecule has 1 saturated heterocycles. The third-order valence-electron chi connectivity index (χ3n) is 4.78. The molecule has 0 unspecified atom stereocenters. The summed E-state index contributed by atoms with van der Waals surface area (Å²) in [6, 6.07) is 0.399. The number of hydrogen-bond acceptors (Lipinski definition) is 5. The second kappa shape index (κ2) is 10.2. The Labute approximate surface area is 180 Å². The molecule has 0 radical (unpaired) electrons. The van der Waals surface area contributed by atoms with Crippen LogP contribution >= 0.6 is 24.0 Å². The topological polar surface area (TPSA) is 94.1 Å². The van der Waals surface area contributed by atoms with Crippen LogP contribution in [0.3, 0.4) is 0 Å². The molecule has 0 bridgehead atoms. The molecule has 2 N–H and O–H groups in total. The smallest absolute Gasteiger partial charge is 0.234 e. The lowest BCUT2D eigenvalue weighted by molar-refractivity contribution is -0.122. The molecule has 10 heteroatoms. The number of nitrogens with one attached hydrogen (secondary N) is 2. The fourth-order valence-electron chi connectivity index (χ4n) is 2.76. The number of carbonyl (C=O) groups is 1. The van der Waals surface area contributed by atoms with Crippen molar-refractivity contribution in [2.45, 2.75) is 44.4 Å². The lowest BCUT2D eigenvalue weighted by atomic mass is 10.3. The van der Waals surface area contributed by atoms with E-state index in [-0.39, 0.29) is 35.6 Å². The van der Waals surface area contributed by atoms with Gasteiger partial charge >= 0.3 is 0 Å². The highest BCUT2D eigenvalue weighted by atomic mass is 127. The summed E-state index contributed by atoms with van der Waals surface area (Å²) in [6.45, 7) is 9.06. The summed E-state index contributed by atoms with van der Waals surface area (Å²) < 4.78 is 23.6. The van der Waals surface area contributed by atoms with Gasteiger partial charge in [-0.3, -0.25) is 14.7 Å². The lowest BCUT2D eigenvalue weighted by Gasteiger charge is -2.36. The summed E-state index contributed by atoms with van der Waals surface area (Å²) in [5.74, 6) is 0.906. The van der Waals surface area contributed by atoms with E-state index in [1.165, 1.54) is 0 Å². The highest BCUT2D eigenvalue weighted by molar-refractivity contribution is 14.0. The molecular formula is C17H34IN5O3S. The number of nitrogens with zero attached hydrogens (tertiary/aromatic N) is 3. The van der Waals surface area contributed by atoms with Crippen LogP contribution in [0.15, 0.2) is 4.99 Å². The van der Waals surface area contributed by atoms with Crippen molar-refractivity contribution >= 4 is 45.7 Å². The number of hydrogen-bond donors (Lipinski definition) is 2. The van der Waals surface area contributed by atoms with E-state index in [4.69, 9.17) is 0 Å². The number of piperazine rings is 1. The van der Waals surface area contributed by atoms with E-state index in [1.807, 2.05) is 0 Å². The summed E-state index contributed by atoms with van der Waals surface area (Å²) in [7, 11) is -1.44. The Balaban J connectivity index is 0.00000364. The van der Waals surface area contributed by atoms with Crippen LogP contribution in [-0.4, -0.2) is 92.9 Å². The Hall–Kier alpha value is -0.620. The molecule has 2 aliphatic rings. The maximum absolute atomic E-state index is 12.2. The van der Waals surface area contributed by atoms with Crippen molar-refractivity contribution in [1.82, 2.24) is 20.4 Å². The molecule has 2 rings (SSSR count). The Morgan fingerprint density at radius 2 is 1.74 bits per heavy atom. The zero-order chi connectivity index (χ0) is 19.4. The molecule has 1 aliphatic heterocycles. The number of rotatable bonds is 6. The first-order valence-electron chi connectivity index (χ1n) is 9.32. The third-order valence-corrected chi connectivity index (χ3v) is 7.39. The summed E-state index contributed by atoms with van der Waals surface area (Å²) in [5, 5.41) is 6.17. The van der Waals surface area contributed by atoms with Crippen molar-refractivity contribution in [2.75, 3.05) is 52.1 Å². The Morgan fingerprint density at radius 3 is 2.22 bits per heavy atom. The molecule has 0 atom stereocenters. The Kier molecular flexibility index (Phi) is 9.26. The van der Waals surface area contributed by atoms with Gasteiger partial charge in [0.1, 0.15) is 0 Å². The van der Waals surface area contributed by atoms with Crippen molar-refractivity contribution in [3.05, 3.63) is 0 Å². The van der Waals surface area contributed by atoms with Gasteiger partial charge in [-0.05, 0) is 33.6 Å². The zero-order valence-electron chi connectivity index (χ0n) is 16.8. The van der Waals surface area contributed by atoms with Crippen LogP contribution < -0.4 is 10.6 Å². The number of halogens is 1. The number of carbonyl (C=O) groups excluding carboxylic acids is 1. The number of aliphatic imine (C=N–C) groups is 1. The summed E-state index contributed by atoms with van der Waals surface area (Å²) in [4.78, 5) is 20.4. The molecule has 1 heterocycles. The van der Waals surface area contributed by atoms with E-state index in [0.29, 0.717) is 19.1 Å². The lowest BCUT2D eigenvalue weighted by Crippen LogP contribution is -2.54. The molecule has 27 heavy (non-hydrogen) atoms. The average molecular weight is 515 g/mol. The molecule has 1 aliphatic carbocycles. The molecule has 0 aromatic rings. The first-order chi connectivity index (χ1) is 12.1. The van der Waals surface area contributed by atoms with Gasteiger partial charge in [-0.15, -0.1) is 24.0 Å². The van der Waals surface area contributed by atoms with Gasteiger partial charge in [-0.2, -0.15) is 0 Å². The molecule has 0 aromatic heterocycles. The Bertz CT molecular complexity index is 621. The second-order valence-corrected chi connectivity index (χ2v) is 10.9. The largest absolute Gasteiger partial charge is 0.355 e. The van der Waals surface area contributed by atoms with Crippen molar-refractivity contribution in [3.63, 3.8) is 0 Å². The van der Waals surface area contributed by atoms with E-state index in [9.17, 15) is 13.2 Å². The van der Waals surface area contributed by atoms with Crippen molar-refractivity contribution in [3.8, 4) is 0 Å². The van der Waals surface area contributed by atoms with Crippen LogP contribution in [0.5, 0.6) is 0 Å². The van der Waals surface area contributed by atoms with Crippen molar-refractivity contribution in [1.29, 1.82) is 0 Å². The van der Waals surface area contributed by atoms with Crippen LogP contribution in [0, 0.1) is 0 Å². The maximum atomic E-state index is 12.2. The third kappa shape index (κ3) is 7.72. The minimum Gasteiger partial charge on any atom is -0.355 e. The molecule has 1 amide bonds. The van der Waals surface area contributed by atoms with Crippen molar-refractivity contribution < 1.29 is 13.2 Å². The van der Waals surface area contributed by atoms with Crippen LogP contribution in [0.2, 0.25) is 0 Å². The molecular weight excluding hydrogens is 481 g/mol.